The summed E-state index contributed by atoms with van der Waals surface area (Å²) in [4.78, 5) is 4.04. The van der Waals surface area contributed by atoms with Gasteiger partial charge in [0.05, 0.1) is 5.69 Å². The zero-order valence-corrected chi connectivity index (χ0v) is 9.19. The molecule has 0 saturated heterocycles. The summed E-state index contributed by atoms with van der Waals surface area (Å²) < 4.78 is 2.67. The lowest BCUT2D eigenvalue weighted by atomic mass is 10.3. The van der Waals surface area contributed by atoms with E-state index in [9.17, 15) is 0 Å². The highest BCUT2D eigenvalue weighted by molar-refractivity contribution is 9.10. The van der Waals surface area contributed by atoms with Crippen molar-refractivity contribution in [1.29, 1.82) is 0 Å². The van der Waals surface area contributed by atoms with E-state index in [4.69, 9.17) is 5.73 Å². The lowest BCUT2D eigenvalue weighted by molar-refractivity contribution is 0.839. The molecule has 14 heavy (non-hydrogen) atoms. The molecule has 1 aromatic carbocycles. The topological polar surface area (TPSA) is 56.7 Å². The molecule has 2 N–H and O–H groups in total. The van der Waals surface area contributed by atoms with Crippen LogP contribution in [0.1, 0.15) is 5.82 Å². The summed E-state index contributed by atoms with van der Waals surface area (Å²) >= 11 is 3.45. The van der Waals surface area contributed by atoms with Crippen molar-refractivity contribution in [1.82, 2.24) is 14.8 Å². The van der Waals surface area contributed by atoms with Gasteiger partial charge in [0.1, 0.15) is 5.82 Å². The van der Waals surface area contributed by atoms with Gasteiger partial charge in [0.25, 0.3) is 0 Å². The molecule has 2 aromatic rings. The lowest BCUT2D eigenvalue weighted by Gasteiger charge is -2.04. The zero-order valence-electron chi connectivity index (χ0n) is 7.61. The minimum atomic E-state index is 0.290. The van der Waals surface area contributed by atoms with E-state index in [-0.39, 0.29) is 0 Å². The van der Waals surface area contributed by atoms with Gasteiger partial charge in [-0.25, -0.2) is 4.68 Å². The van der Waals surface area contributed by atoms with E-state index in [1.165, 1.54) is 0 Å². The number of aromatic nitrogens is 3. The first-order chi connectivity index (χ1) is 6.68. The molecule has 1 heterocycles. The number of aryl methyl sites for hydroxylation is 1. The Kier molecular flexibility index (Phi) is 2.25. The van der Waals surface area contributed by atoms with Crippen LogP contribution in [0.25, 0.3) is 5.69 Å². The molecule has 0 spiro atoms. The fourth-order valence-corrected chi connectivity index (χ4v) is 1.71. The number of rotatable bonds is 1. The molecule has 0 fully saturated rings. The highest BCUT2D eigenvalue weighted by Crippen LogP contribution is 2.20. The Labute approximate surface area is 89.9 Å². The Hall–Kier alpha value is -1.36. The lowest BCUT2D eigenvalue weighted by Crippen LogP contribution is -2.00. The number of para-hydroxylation sites is 1. The van der Waals surface area contributed by atoms with E-state index < -0.39 is 0 Å². The van der Waals surface area contributed by atoms with Crippen LogP contribution in [-0.4, -0.2) is 14.8 Å². The van der Waals surface area contributed by atoms with Crippen molar-refractivity contribution >= 4 is 21.9 Å². The molecule has 2 rings (SSSR count). The number of nitrogens with two attached hydrogens (primary N) is 1. The average Bonchev–Trinajstić information content (AvgIpc) is 2.46. The Balaban J connectivity index is 2.60. The Morgan fingerprint density at radius 3 is 2.64 bits per heavy atom. The maximum Gasteiger partial charge on any atom is 0.240 e. The Bertz CT molecular complexity index is 464. The van der Waals surface area contributed by atoms with Gasteiger partial charge >= 0.3 is 0 Å². The third-order valence-corrected chi connectivity index (χ3v) is 2.54. The van der Waals surface area contributed by atoms with Crippen LogP contribution in [0.5, 0.6) is 0 Å². The molecule has 0 unspecified atom stereocenters. The van der Waals surface area contributed by atoms with Gasteiger partial charge in [0.2, 0.25) is 5.95 Å². The minimum Gasteiger partial charge on any atom is -0.366 e. The quantitative estimate of drug-likeness (QED) is 0.844. The molecular formula is C9H9BrN4. The van der Waals surface area contributed by atoms with Crippen LogP contribution in [0.2, 0.25) is 0 Å². The van der Waals surface area contributed by atoms with Crippen LogP contribution in [0.4, 0.5) is 5.95 Å². The molecule has 0 bridgehead atoms. The predicted octanol–water partition coefficient (Wildman–Crippen LogP) is 1.92. The van der Waals surface area contributed by atoms with Crippen LogP contribution in [0.3, 0.4) is 0 Å². The van der Waals surface area contributed by atoms with Gasteiger partial charge < -0.3 is 5.73 Å². The fraction of sp³-hybridized carbons (Fsp3) is 0.111. The van der Waals surface area contributed by atoms with Gasteiger partial charge in [0, 0.05) is 4.47 Å². The van der Waals surface area contributed by atoms with E-state index in [2.05, 4.69) is 26.0 Å². The van der Waals surface area contributed by atoms with Crippen molar-refractivity contribution in [2.75, 3.05) is 5.73 Å². The molecule has 0 amide bonds. The van der Waals surface area contributed by atoms with Crippen LogP contribution in [0.15, 0.2) is 28.7 Å². The number of hydrogen-bond acceptors (Lipinski definition) is 3. The average molecular weight is 253 g/mol. The Morgan fingerprint density at radius 1 is 1.36 bits per heavy atom. The number of halogens is 1. The van der Waals surface area contributed by atoms with Gasteiger partial charge in [-0.2, -0.15) is 4.98 Å². The molecule has 5 heteroatoms. The zero-order chi connectivity index (χ0) is 10.1. The van der Waals surface area contributed by atoms with Gasteiger partial charge in [-0.3, -0.25) is 0 Å². The summed E-state index contributed by atoms with van der Waals surface area (Å²) in [6, 6.07) is 7.79. The molecule has 0 radical (unpaired) electrons. The molecule has 0 aliphatic carbocycles. The molecular weight excluding hydrogens is 244 g/mol. The number of benzene rings is 1. The summed E-state index contributed by atoms with van der Waals surface area (Å²) in [5.74, 6) is 1.06. The van der Waals surface area contributed by atoms with Gasteiger partial charge in [0.15, 0.2) is 0 Å². The van der Waals surface area contributed by atoms with Crippen molar-refractivity contribution in [3.63, 3.8) is 0 Å². The van der Waals surface area contributed by atoms with E-state index in [0.29, 0.717) is 5.95 Å². The maximum absolute atomic E-state index is 5.51. The van der Waals surface area contributed by atoms with E-state index in [0.717, 1.165) is 16.0 Å². The van der Waals surface area contributed by atoms with Crippen LogP contribution >= 0.6 is 15.9 Å². The standard InChI is InChI=1S/C9H9BrN4/c1-6-12-9(11)13-14(6)8-5-3-2-4-7(8)10/h2-5H,1H3,(H2,11,13). The monoisotopic (exact) mass is 252 g/mol. The molecule has 4 nitrogen and oxygen atoms in total. The van der Waals surface area contributed by atoms with Crippen LogP contribution in [-0.2, 0) is 0 Å². The number of nitrogens with zero attached hydrogens (tertiary/aromatic N) is 3. The number of nitrogen functional groups attached to an aromatic ring is 1. The second kappa shape index (κ2) is 3.42. The molecule has 0 atom stereocenters. The van der Waals surface area contributed by atoms with Crippen molar-refractivity contribution in [3.05, 3.63) is 34.6 Å². The van der Waals surface area contributed by atoms with Crippen LogP contribution < -0.4 is 5.73 Å². The smallest absolute Gasteiger partial charge is 0.240 e. The SMILES string of the molecule is Cc1nc(N)nn1-c1ccccc1Br. The normalized spacial score (nSPS) is 10.4. The van der Waals surface area contributed by atoms with Gasteiger partial charge in [-0.15, -0.1) is 5.10 Å². The van der Waals surface area contributed by atoms with Crippen molar-refractivity contribution < 1.29 is 0 Å². The fourth-order valence-electron chi connectivity index (χ4n) is 1.26. The minimum absolute atomic E-state index is 0.290. The third kappa shape index (κ3) is 1.50. The molecule has 72 valence electrons. The summed E-state index contributed by atoms with van der Waals surface area (Å²) in [6.07, 6.45) is 0. The first-order valence-corrected chi connectivity index (χ1v) is 4.92. The second-order valence-corrected chi connectivity index (χ2v) is 3.73. The molecule has 0 aliphatic heterocycles. The summed E-state index contributed by atoms with van der Waals surface area (Å²) in [6.45, 7) is 1.86. The van der Waals surface area contributed by atoms with Crippen molar-refractivity contribution in [2.45, 2.75) is 6.92 Å². The Morgan fingerprint density at radius 2 is 2.07 bits per heavy atom. The summed E-state index contributed by atoms with van der Waals surface area (Å²) in [5.41, 5.74) is 6.45. The molecule has 0 aliphatic rings. The largest absolute Gasteiger partial charge is 0.366 e. The maximum atomic E-state index is 5.51. The third-order valence-electron chi connectivity index (χ3n) is 1.87. The van der Waals surface area contributed by atoms with Gasteiger partial charge in [-0.1, -0.05) is 12.1 Å². The second-order valence-electron chi connectivity index (χ2n) is 2.88. The summed E-state index contributed by atoms with van der Waals surface area (Å²) in [5, 5.41) is 4.09. The number of hydrogen-bond donors (Lipinski definition) is 1. The molecule has 1 aromatic heterocycles. The first-order valence-electron chi connectivity index (χ1n) is 4.12. The highest BCUT2D eigenvalue weighted by atomic mass is 79.9. The van der Waals surface area contributed by atoms with E-state index >= 15 is 0 Å². The van der Waals surface area contributed by atoms with Gasteiger partial charge in [-0.05, 0) is 35.0 Å². The summed E-state index contributed by atoms with van der Waals surface area (Å²) in [7, 11) is 0. The van der Waals surface area contributed by atoms with E-state index in [1.54, 1.807) is 4.68 Å². The molecule has 0 saturated carbocycles. The van der Waals surface area contributed by atoms with E-state index in [1.807, 2.05) is 31.2 Å². The first kappa shape index (κ1) is 9.21. The van der Waals surface area contributed by atoms with Crippen molar-refractivity contribution in [3.8, 4) is 5.69 Å². The highest BCUT2D eigenvalue weighted by Gasteiger charge is 2.07. The van der Waals surface area contributed by atoms with Crippen LogP contribution in [0, 0.1) is 6.92 Å². The predicted molar refractivity (Wildman–Crippen MR) is 58.2 cm³/mol. The van der Waals surface area contributed by atoms with Crippen molar-refractivity contribution in [2.24, 2.45) is 0 Å². The number of anilines is 1.